The van der Waals surface area contributed by atoms with Crippen molar-refractivity contribution in [3.8, 4) is 0 Å². The van der Waals surface area contributed by atoms with Crippen molar-refractivity contribution in [2.75, 3.05) is 13.1 Å². The molecule has 4 heteroatoms. The summed E-state index contributed by atoms with van der Waals surface area (Å²) >= 11 is 0. The van der Waals surface area contributed by atoms with Crippen molar-refractivity contribution in [1.29, 1.82) is 0 Å². The van der Waals surface area contributed by atoms with Crippen LogP contribution in [-0.2, 0) is 4.74 Å². The molecule has 0 aromatic heterocycles. The third kappa shape index (κ3) is 2.03. The van der Waals surface area contributed by atoms with E-state index in [-0.39, 0.29) is 11.6 Å². The molecule has 1 heterocycles. The van der Waals surface area contributed by atoms with Crippen LogP contribution in [0.1, 0.15) is 34.1 Å². The highest BCUT2D eigenvalue weighted by molar-refractivity contribution is 5.69. The highest BCUT2D eigenvalue weighted by Crippen LogP contribution is 2.46. The van der Waals surface area contributed by atoms with Gasteiger partial charge in [-0.15, -0.1) is 0 Å². The summed E-state index contributed by atoms with van der Waals surface area (Å²) in [7, 11) is 0. The summed E-state index contributed by atoms with van der Waals surface area (Å²) in [5.41, 5.74) is -0.459. The average Bonchev–Trinajstić information content (AvgIpc) is 2.38. The Labute approximate surface area is 97.1 Å². The van der Waals surface area contributed by atoms with Crippen LogP contribution in [0.5, 0.6) is 0 Å². The van der Waals surface area contributed by atoms with Gasteiger partial charge in [0.25, 0.3) is 0 Å². The van der Waals surface area contributed by atoms with Gasteiger partial charge in [0, 0.05) is 13.1 Å². The number of ether oxygens (including phenoxy) is 1. The van der Waals surface area contributed by atoms with E-state index in [1.54, 1.807) is 0 Å². The fourth-order valence-corrected chi connectivity index (χ4v) is 3.00. The molecule has 0 aromatic rings. The molecule has 0 bridgehead atoms. The molecular formula is C12H22N2O2. The van der Waals surface area contributed by atoms with Crippen LogP contribution in [0.25, 0.3) is 0 Å². The van der Waals surface area contributed by atoms with Crippen LogP contribution < -0.4 is 10.6 Å². The third-order valence-electron chi connectivity index (χ3n) is 3.64. The normalized spacial score (nSPS) is 37.5. The van der Waals surface area contributed by atoms with E-state index in [9.17, 15) is 4.79 Å². The van der Waals surface area contributed by atoms with E-state index in [1.807, 2.05) is 20.8 Å². The van der Waals surface area contributed by atoms with Crippen LogP contribution in [-0.4, -0.2) is 30.3 Å². The van der Waals surface area contributed by atoms with Gasteiger partial charge in [-0.2, -0.15) is 0 Å². The summed E-state index contributed by atoms with van der Waals surface area (Å²) in [6.07, 6.45) is 0.775. The number of hydrogen-bond acceptors (Lipinski definition) is 3. The minimum atomic E-state index is -0.419. The van der Waals surface area contributed by atoms with Crippen LogP contribution in [0, 0.1) is 11.8 Å². The standard InChI is InChI=1S/C12H22N2O2/c1-8-5-12(7-13-6-9(8)12)14-10(15)16-11(2,3)4/h8-9,13H,5-7H2,1-4H3,(H,14,15)/t8-,9+,12-/m0/s1. The number of hydrogen-bond donors (Lipinski definition) is 2. The zero-order valence-corrected chi connectivity index (χ0v) is 10.6. The SMILES string of the molecule is C[C@H]1C[C@]2(NC(=O)OC(C)(C)C)CNC[C@H]12. The van der Waals surface area contributed by atoms with Crippen LogP contribution in [0.2, 0.25) is 0 Å². The number of carbonyl (C=O) groups excluding carboxylic acids is 1. The van der Waals surface area contributed by atoms with Crippen molar-refractivity contribution in [1.82, 2.24) is 10.6 Å². The molecule has 2 N–H and O–H groups in total. The molecule has 0 aromatic carbocycles. The number of fused-ring (bicyclic) bond motifs is 1. The largest absolute Gasteiger partial charge is 0.444 e. The fraction of sp³-hybridized carbons (Fsp3) is 0.917. The van der Waals surface area contributed by atoms with E-state index in [1.165, 1.54) is 0 Å². The second-order valence-corrected chi connectivity index (χ2v) is 6.20. The molecule has 16 heavy (non-hydrogen) atoms. The Morgan fingerprint density at radius 3 is 2.75 bits per heavy atom. The average molecular weight is 226 g/mol. The van der Waals surface area contributed by atoms with E-state index in [4.69, 9.17) is 4.74 Å². The van der Waals surface area contributed by atoms with Gasteiger partial charge < -0.3 is 15.4 Å². The summed E-state index contributed by atoms with van der Waals surface area (Å²) in [5.74, 6) is 1.27. The Bertz CT molecular complexity index is 298. The van der Waals surface area contributed by atoms with Crippen molar-refractivity contribution in [2.24, 2.45) is 11.8 Å². The van der Waals surface area contributed by atoms with Gasteiger partial charge in [-0.05, 0) is 39.0 Å². The smallest absolute Gasteiger partial charge is 0.408 e. The van der Waals surface area contributed by atoms with E-state index in [0.717, 1.165) is 19.5 Å². The molecule has 1 saturated heterocycles. The van der Waals surface area contributed by atoms with Gasteiger partial charge in [0.2, 0.25) is 0 Å². The van der Waals surface area contributed by atoms with Gasteiger partial charge in [-0.3, -0.25) is 0 Å². The Hall–Kier alpha value is -0.770. The molecule has 0 radical (unpaired) electrons. The second-order valence-electron chi connectivity index (χ2n) is 6.20. The monoisotopic (exact) mass is 226 g/mol. The van der Waals surface area contributed by atoms with Crippen LogP contribution in [0.3, 0.4) is 0 Å². The fourth-order valence-electron chi connectivity index (χ4n) is 3.00. The predicted molar refractivity (Wildman–Crippen MR) is 62.2 cm³/mol. The summed E-state index contributed by atoms with van der Waals surface area (Å²) in [4.78, 5) is 11.7. The maximum atomic E-state index is 11.7. The summed E-state index contributed by atoms with van der Waals surface area (Å²) in [6, 6.07) is 0. The van der Waals surface area contributed by atoms with E-state index < -0.39 is 5.60 Å². The molecular weight excluding hydrogens is 204 g/mol. The van der Waals surface area contributed by atoms with Crippen LogP contribution in [0.4, 0.5) is 4.79 Å². The first kappa shape index (κ1) is 11.7. The first-order valence-electron chi connectivity index (χ1n) is 6.04. The van der Waals surface area contributed by atoms with Crippen molar-refractivity contribution in [3.05, 3.63) is 0 Å². The lowest BCUT2D eigenvalue weighted by atomic mass is 9.62. The zero-order valence-electron chi connectivity index (χ0n) is 10.6. The molecule has 92 valence electrons. The lowest BCUT2D eigenvalue weighted by molar-refractivity contribution is 0.0176. The zero-order chi connectivity index (χ0) is 12.0. The van der Waals surface area contributed by atoms with Crippen LogP contribution in [0.15, 0.2) is 0 Å². The molecule has 2 aliphatic rings. The summed E-state index contributed by atoms with van der Waals surface area (Å²) in [5, 5.41) is 6.41. The first-order chi connectivity index (χ1) is 7.32. The molecule has 2 rings (SSSR count). The minimum absolute atomic E-state index is 0.0399. The maximum Gasteiger partial charge on any atom is 0.408 e. The topological polar surface area (TPSA) is 50.4 Å². The predicted octanol–water partition coefficient (Wildman–Crippen LogP) is 1.51. The van der Waals surface area contributed by atoms with Gasteiger partial charge in [-0.1, -0.05) is 6.92 Å². The van der Waals surface area contributed by atoms with E-state index in [0.29, 0.717) is 11.8 Å². The molecule has 1 aliphatic carbocycles. The number of rotatable bonds is 1. The molecule has 2 fully saturated rings. The third-order valence-corrected chi connectivity index (χ3v) is 3.64. The highest BCUT2D eigenvalue weighted by atomic mass is 16.6. The Morgan fingerprint density at radius 2 is 2.19 bits per heavy atom. The Kier molecular flexibility index (Phi) is 2.65. The molecule has 1 saturated carbocycles. The number of amides is 1. The lowest BCUT2D eigenvalue weighted by Crippen LogP contribution is -2.64. The Balaban J connectivity index is 1.93. The molecule has 1 amide bonds. The van der Waals surface area contributed by atoms with Gasteiger partial charge >= 0.3 is 6.09 Å². The van der Waals surface area contributed by atoms with Crippen molar-refractivity contribution in [2.45, 2.75) is 45.3 Å². The maximum absolute atomic E-state index is 11.7. The van der Waals surface area contributed by atoms with Crippen molar-refractivity contribution < 1.29 is 9.53 Å². The molecule has 0 spiro atoms. The van der Waals surface area contributed by atoms with Gasteiger partial charge in [-0.25, -0.2) is 4.79 Å². The van der Waals surface area contributed by atoms with E-state index >= 15 is 0 Å². The second kappa shape index (κ2) is 3.62. The van der Waals surface area contributed by atoms with Crippen molar-refractivity contribution in [3.63, 3.8) is 0 Å². The molecule has 1 aliphatic heterocycles. The van der Waals surface area contributed by atoms with Gasteiger partial charge in [0.1, 0.15) is 5.60 Å². The molecule has 0 unspecified atom stereocenters. The van der Waals surface area contributed by atoms with Gasteiger partial charge in [0.05, 0.1) is 5.54 Å². The number of nitrogens with one attached hydrogen (secondary N) is 2. The van der Waals surface area contributed by atoms with Gasteiger partial charge in [0.15, 0.2) is 0 Å². The lowest BCUT2D eigenvalue weighted by Gasteiger charge is -2.49. The molecule has 4 nitrogen and oxygen atoms in total. The Morgan fingerprint density at radius 1 is 1.50 bits per heavy atom. The number of carbonyl (C=O) groups is 1. The molecule has 3 atom stereocenters. The van der Waals surface area contributed by atoms with Crippen LogP contribution >= 0.6 is 0 Å². The highest BCUT2D eigenvalue weighted by Gasteiger charge is 2.55. The quantitative estimate of drug-likeness (QED) is 0.712. The van der Waals surface area contributed by atoms with E-state index in [2.05, 4.69) is 17.6 Å². The van der Waals surface area contributed by atoms with Crippen molar-refractivity contribution >= 4 is 6.09 Å². The summed E-state index contributed by atoms with van der Waals surface area (Å²) < 4.78 is 5.30. The summed E-state index contributed by atoms with van der Waals surface area (Å²) in [6.45, 7) is 9.79. The number of alkyl carbamates (subject to hydrolysis) is 1. The first-order valence-corrected chi connectivity index (χ1v) is 6.04. The minimum Gasteiger partial charge on any atom is -0.444 e.